The smallest absolute Gasteiger partial charge is 0.115 e. The van der Waals surface area contributed by atoms with Gasteiger partial charge in [0.1, 0.15) is 5.75 Å². The van der Waals surface area contributed by atoms with Crippen molar-refractivity contribution in [3.8, 4) is 5.75 Å². The molecule has 20 heavy (non-hydrogen) atoms. The molecule has 0 radical (unpaired) electrons. The van der Waals surface area contributed by atoms with Crippen LogP contribution < -0.4 is 0 Å². The number of nitrogens with zero attached hydrogens (tertiary/aromatic N) is 2. The zero-order valence-corrected chi connectivity index (χ0v) is 13.2. The van der Waals surface area contributed by atoms with Gasteiger partial charge in [-0.15, -0.1) is 11.3 Å². The number of likely N-dealkylation sites (N-methyl/N-ethyl adjacent to an activating group) is 1. The molecule has 1 heterocycles. The van der Waals surface area contributed by atoms with E-state index >= 15 is 0 Å². The third-order valence-corrected chi connectivity index (χ3v) is 4.41. The van der Waals surface area contributed by atoms with Crippen molar-refractivity contribution in [2.24, 2.45) is 0 Å². The van der Waals surface area contributed by atoms with Crippen LogP contribution in [0.1, 0.15) is 36.0 Å². The van der Waals surface area contributed by atoms with Crippen LogP contribution in [0.15, 0.2) is 29.6 Å². The first-order valence-corrected chi connectivity index (χ1v) is 7.83. The van der Waals surface area contributed by atoms with Crippen LogP contribution in [0, 0.1) is 0 Å². The van der Waals surface area contributed by atoms with Crippen molar-refractivity contribution >= 4 is 11.3 Å². The molecule has 1 N–H and O–H groups in total. The molecule has 0 aliphatic rings. The fourth-order valence-electron chi connectivity index (χ4n) is 2.00. The van der Waals surface area contributed by atoms with E-state index in [9.17, 15) is 5.11 Å². The van der Waals surface area contributed by atoms with Crippen LogP contribution >= 0.6 is 11.3 Å². The number of hydrogen-bond acceptors (Lipinski definition) is 4. The zero-order valence-electron chi connectivity index (χ0n) is 12.3. The quantitative estimate of drug-likeness (QED) is 0.882. The van der Waals surface area contributed by atoms with Crippen molar-refractivity contribution in [3.05, 3.63) is 45.9 Å². The predicted molar refractivity (Wildman–Crippen MR) is 84.3 cm³/mol. The van der Waals surface area contributed by atoms with E-state index in [4.69, 9.17) is 0 Å². The maximum Gasteiger partial charge on any atom is 0.115 e. The minimum atomic E-state index is 0.325. The molecule has 1 aromatic heterocycles. The summed E-state index contributed by atoms with van der Waals surface area (Å²) < 4.78 is 0. The summed E-state index contributed by atoms with van der Waals surface area (Å²) in [5.41, 5.74) is 2.41. The van der Waals surface area contributed by atoms with Gasteiger partial charge in [-0.1, -0.05) is 26.0 Å². The lowest BCUT2D eigenvalue weighted by molar-refractivity contribution is 0.327. The Morgan fingerprint density at radius 3 is 2.55 bits per heavy atom. The topological polar surface area (TPSA) is 36.4 Å². The standard InChI is InChI=1S/C16H22N2OS/c1-12(2)16-17-14(11-20-16)10-18(3)9-8-13-4-6-15(19)7-5-13/h4-7,11-12,19H,8-10H2,1-3H3. The predicted octanol–water partition coefficient (Wildman–Crippen LogP) is 3.65. The number of rotatable bonds is 6. The molecule has 0 fully saturated rings. The molecular weight excluding hydrogens is 268 g/mol. The number of phenols is 1. The Bertz CT molecular complexity index is 534. The molecule has 0 spiro atoms. The Labute approximate surface area is 124 Å². The fourth-order valence-corrected chi connectivity index (χ4v) is 2.82. The molecule has 0 amide bonds. The van der Waals surface area contributed by atoms with Crippen molar-refractivity contribution in [2.45, 2.75) is 32.7 Å². The molecule has 0 unspecified atom stereocenters. The molecule has 3 nitrogen and oxygen atoms in total. The minimum Gasteiger partial charge on any atom is -0.508 e. The highest BCUT2D eigenvalue weighted by molar-refractivity contribution is 7.09. The highest BCUT2D eigenvalue weighted by Gasteiger charge is 2.08. The lowest BCUT2D eigenvalue weighted by Gasteiger charge is -2.15. The first kappa shape index (κ1) is 15.0. The number of benzene rings is 1. The van der Waals surface area contributed by atoms with Crippen LogP contribution in [0.5, 0.6) is 5.75 Å². The summed E-state index contributed by atoms with van der Waals surface area (Å²) in [6.07, 6.45) is 0.984. The second kappa shape index (κ2) is 6.86. The lowest BCUT2D eigenvalue weighted by Crippen LogP contribution is -2.20. The number of thiazole rings is 1. The van der Waals surface area contributed by atoms with Gasteiger partial charge in [0.15, 0.2) is 0 Å². The number of aromatic nitrogens is 1. The van der Waals surface area contributed by atoms with E-state index in [1.54, 1.807) is 23.5 Å². The van der Waals surface area contributed by atoms with Crippen molar-refractivity contribution < 1.29 is 5.11 Å². The van der Waals surface area contributed by atoms with E-state index in [1.165, 1.54) is 10.6 Å². The molecule has 4 heteroatoms. The van der Waals surface area contributed by atoms with E-state index in [0.717, 1.165) is 25.2 Å². The van der Waals surface area contributed by atoms with E-state index in [1.807, 2.05) is 12.1 Å². The van der Waals surface area contributed by atoms with Crippen molar-refractivity contribution in [1.82, 2.24) is 9.88 Å². The first-order chi connectivity index (χ1) is 9.54. The third kappa shape index (κ3) is 4.32. The molecule has 0 aliphatic heterocycles. The van der Waals surface area contributed by atoms with Crippen LogP contribution in [-0.2, 0) is 13.0 Å². The molecule has 0 atom stereocenters. The molecule has 0 saturated carbocycles. The first-order valence-electron chi connectivity index (χ1n) is 6.95. The zero-order chi connectivity index (χ0) is 14.5. The summed E-state index contributed by atoms with van der Waals surface area (Å²) in [4.78, 5) is 6.94. The van der Waals surface area contributed by atoms with Gasteiger partial charge in [-0.25, -0.2) is 4.98 Å². The molecule has 2 aromatic rings. The van der Waals surface area contributed by atoms with Gasteiger partial charge < -0.3 is 10.0 Å². The van der Waals surface area contributed by atoms with Crippen molar-refractivity contribution in [1.29, 1.82) is 0 Å². The summed E-state index contributed by atoms with van der Waals surface area (Å²) in [5, 5.41) is 12.6. The summed E-state index contributed by atoms with van der Waals surface area (Å²) in [6, 6.07) is 7.43. The normalized spacial score (nSPS) is 11.4. The Hall–Kier alpha value is -1.39. The van der Waals surface area contributed by atoms with Gasteiger partial charge >= 0.3 is 0 Å². The second-order valence-corrected chi connectivity index (χ2v) is 6.38. The van der Waals surface area contributed by atoms with Gasteiger partial charge in [-0.05, 0) is 31.2 Å². The average molecular weight is 290 g/mol. The second-order valence-electron chi connectivity index (χ2n) is 5.49. The molecule has 0 aliphatic carbocycles. The summed E-state index contributed by atoms with van der Waals surface area (Å²) >= 11 is 1.75. The average Bonchev–Trinajstić information content (AvgIpc) is 2.87. The Kier molecular flexibility index (Phi) is 5.15. The van der Waals surface area contributed by atoms with Crippen LogP contribution in [0.25, 0.3) is 0 Å². The summed E-state index contributed by atoms with van der Waals surface area (Å²) in [6.45, 7) is 6.23. The molecule has 0 bridgehead atoms. The number of hydrogen-bond donors (Lipinski definition) is 1. The van der Waals surface area contributed by atoms with Crippen molar-refractivity contribution in [3.63, 3.8) is 0 Å². The SMILES string of the molecule is CC(C)c1nc(CN(C)CCc2ccc(O)cc2)cs1. The van der Waals surface area contributed by atoms with Crippen LogP contribution in [0.3, 0.4) is 0 Å². The number of phenolic OH excluding ortho intramolecular Hbond substituents is 1. The minimum absolute atomic E-state index is 0.325. The van der Waals surface area contributed by atoms with Crippen LogP contribution in [0.4, 0.5) is 0 Å². The third-order valence-electron chi connectivity index (χ3n) is 3.21. The van der Waals surface area contributed by atoms with Gasteiger partial charge in [-0.2, -0.15) is 0 Å². The molecule has 108 valence electrons. The van der Waals surface area contributed by atoms with E-state index < -0.39 is 0 Å². The highest BCUT2D eigenvalue weighted by atomic mass is 32.1. The Morgan fingerprint density at radius 2 is 1.95 bits per heavy atom. The van der Waals surface area contributed by atoms with E-state index in [0.29, 0.717) is 11.7 Å². The lowest BCUT2D eigenvalue weighted by atomic mass is 10.1. The van der Waals surface area contributed by atoms with Crippen LogP contribution in [0.2, 0.25) is 0 Å². The largest absolute Gasteiger partial charge is 0.508 e. The maximum absolute atomic E-state index is 9.26. The van der Waals surface area contributed by atoms with Gasteiger partial charge in [-0.3, -0.25) is 0 Å². The summed E-state index contributed by atoms with van der Waals surface area (Å²) in [5.74, 6) is 0.835. The summed E-state index contributed by atoms with van der Waals surface area (Å²) in [7, 11) is 2.12. The van der Waals surface area contributed by atoms with Crippen molar-refractivity contribution in [2.75, 3.05) is 13.6 Å². The highest BCUT2D eigenvalue weighted by Crippen LogP contribution is 2.19. The van der Waals surface area contributed by atoms with Gasteiger partial charge in [0.2, 0.25) is 0 Å². The molecule has 0 saturated heterocycles. The molecule has 2 rings (SSSR count). The Morgan fingerprint density at radius 1 is 1.25 bits per heavy atom. The number of aromatic hydroxyl groups is 1. The van der Waals surface area contributed by atoms with Gasteiger partial charge in [0.25, 0.3) is 0 Å². The fraction of sp³-hybridized carbons (Fsp3) is 0.438. The molecular formula is C16H22N2OS. The monoisotopic (exact) mass is 290 g/mol. The molecule has 1 aromatic carbocycles. The van der Waals surface area contributed by atoms with Gasteiger partial charge in [0, 0.05) is 24.4 Å². The van der Waals surface area contributed by atoms with Gasteiger partial charge in [0.05, 0.1) is 10.7 Å². The van der Waals surface area contributed by atoms with E-state index in [2.05, 4.69) is 36.2 Å². The Balaban J connectivity index is 1.82. The van der Waals surface area contributed by atoms with Crippen LogP contribution in [-0.4, -0.2) is 28.6 Å². The van der Waals surface area contributed by atoms with E-state index in [-0.39, 0.29) is 0 Å². The maximum atomic E-state index is 9.26.